The van der Waals surface area contributed by atoms with Crippen LogP contribution in [-0.4, -0.2) is 17.6 Å². The molecule has 3 nitrogen and oxygen atoms in total. The number of carbonyl (C=O) groups is 1. The molecular formula is C9H10O3. The largest absolute Gasteiger partial charge is 0.508 e. The number of aromatic hydroxyl groups is 1. The Hall–Kier alpha value is -1.51. The number of hydrogen-bond acceptors (Lipinski definition) is 3. The molecule has 1 aromatic rings. The second kappa shape index (κ2) is 3.76. The number of rotatable bonds is 2. The summed E-state index contributed by atoms with van der Waals surface area (Å²) < 4.78 is 39.1. The molecule has 0 aliphatic carbocycles. The molecule has 12 heavy (non-hydrogen) atoms. The highest BCUT2D eigenvalue weighted by atomic mass is 16.5. The quantitative estimate of drug-likeness (QED) is 0.687. The van der Waals surface area contributed by atoms with E-state index >= 15 is 0 Å². The Morgan fingerprint density at radius 2 is 2.33 bits per heavy atom. The number of benzene rings is 1. The highest BCUT2D eigenvalue weighted by molar-refractivity contribution is 5.89. The van der Waals surface area contributed by atoms with Crippen LogP contribution in [0.1, 0.15) is 24.1 Å². The van der Waals surface area contributed by atoms with Crippen LogP contribution in [0.25, 0.3) is 0 Å². The van der Waals surface area contributed by atoms with Gasteiger partial charge in [0.25, 0.3) is 0 Å². The molecule has 0 aliphatic heterocycles. The zero-order valence-corrected chi connectivity index (χ0v) is 6.07. The Balaban J connectivity index is 2.83. The van der Waals surface area contributed by atoms with E-state index in [0.717, 1.165) is 0 Å². The molecule has 64 valence electrons. The SMILES string of the molecule is [2H]C([2H])([2H])C([2H])([2H])OC(=O)c1ccc(O)cc1. The van der Waals surface area contributed by atoms with Crippen molar-refractivity contribution in [1.29, 1.82) is 0 Å². The molecule has 1 N–H and O–H groups in total. The van der Waals surface area contributed by atoms with E-state index in [1.54, 1.807) is 0 Å². The van der Waals surface area contributed by atoms with Crippen LogP contribution in [-0.2, 0) is 4.74 Å². The van der Waals surface area contributed by atoms with Gasteiger partial charge in [-0.1, -0.05) is 0 Å². The lowest BCUT2D eigenvalue weighted by atomic mass is 10.2. The van der Waals surface area contributed by atoms with Crippen molar-refractivity contribution in [2.75, 3.05) is 6.56 Å². The fraction of sp³-hybridized carbons (Fsp3) is 0.222. The van der Waals surface area contributed by atoms with Gasteiger partial charge < -0.3 is 9.84 Å². The highest BCUT2D eigenvalue weighted by Crippen LogP contribution is 2.10. The van der Waals surface area contributed by atoms with Crippen molar-refractivity contribution in [3.63, 3.8) is 0 Å². The van der Waals surface area contributed by atoms with Gasteiger partial charge in [-0.25, -0.2) is 4.79 Å². The molecule has 3 heteroatoms. The molecule has 0 aromatic heterocycles. The maximum Gasteiger partial charge on any atom is 0.338 e. The lowest BCUT2D eigenvalue weighted by Gasteiger charge is -2.00. The Morgan fingerprint density at radius 1 is 1.67 bits per heavy atom. The first-order chi connectivity index (χ1) is 7.63. The van der Waals surface area contributed by atoms with Crippen LogP contribution < -0.4 is 0 Å². The standard InChI is InChI=1S/C9H10O3/c1-2-12-9(11)7-3-5-8(10)6-4-7/h3-6,10H,2H2,1H3/i1D3,2D2. The number of phenolic OH excluding ortho intramolecular Hbond substituents is 1. The molecule has 0 amide bonds. The predicted molar refractivity (Wildman–Crippen MR) is 44.1 cm³/mol. The van der Waals surface area contributed by atoms with Gasteiger partial charge in [0.1, 0.15) is 5.75 Å². The number of phenols is 1. The van der Waals surface area contributed by atoms with Crippen LogP contribution >= 0.6 is 0 Å². The number of ether oxygens (including phenoxy) is 1. The summed E-state index contributed by atoms with van der Waals surface area (Å²) in [6.45, 7) is -6.11. The van der Waals surface area contributed by atoms with Gasteiger partial charge in [0, 0.05) is 4.11 Å². The van der Waals surface area contributed by atoms with E-state index in [1.807, 2.05) is 0 Å². The second-order valence-electron chi connectivity index (χ2n) is 2.04. The monoisotopic (exact) mass is 171 g/mol. The van der Waals surface area contributed by atoms with Gasteiger partial charge in [0.05, 0.1) is 14.9 Å². The Bertz CT molecular complexity index is 410. The summed E-state index contributed by atoms with van der Waals surface area (Å²) in [6.07, 6.45) is 0. The summed E-state index contributed by atoms with van der Waals surface area (Å²) in [5, 5.41) is 8.98. The second-order valence-corrected chi connectivity index (χ2v) is 2.04. The summed E-state index contributed by atoms with van der Waals surface area (Å²) in [6, 6.07) is 4.82. The smallest absolute Gasteiger partial charge is 0.338 e. The number of esters is 1. The third kappa shape index (κ3) is 1.99. The number of hydrogen-bond donors (Lipinski definition) is 1. The van der Waals surface area contributed by atoms with Crippen molar-refractivity contribution in [2.45, 2.75) is 6.85 Å². The highest BCUT2D eigenvalue weighted by Gasteiger charge is 2.04. The van der Waals surface area contributed by atoms with E-state index in [0.29, 0.717) is 0 Å². The van der Waals surface area contributed by atoms with Crippen LogP contribution in [0, 0.1) is 0 Å². The Kier molecular flexibility index (Phi) is 1.23. The van der Waals surface area contributed by atoms with E-state index < -0.39 is 19.4 Å². The number of carbonyl (C=O) groups excluding carboxylic acids is 1. The van der Waals surface area contributed by atoms with Crippen LogP contribution in [0.15, 0.2) is 24.3 Å². The molecule has 0 radical (unpaired) electrons. The van der Waals surface area contributed by atoms with E-state index in [4.69, 9.17) is 12.0 Å². The minimum absolute atomic E-state index is 0.0454. The van der Waals surface area contributed by atoms with Crippen molar-refractivity contribution >= 4 is 5.97 Å². The van der Waals surface area contributed by atoms with Crippen LogP contribution in [0.5, 0.6) is 5.75 Å². The summed E-state index contributed by atoms with van der Waals surface area (Å²) >= 11 is 0. The first-order valence-electron chi connectivity index (χ1n) is 5.66. The van der Waals surface area contributed by atoms with Crippen molar-refractivity contribution in [3.8, 4) is 5.75 Å². The first kappa shape index (κ1) is 3.94. The van der Waals surface area contributed by atoms with Gasteiger partial charge in [0.15, 0.2) is 0 Å². The Labute approximate surface area is 77.6 Å². The maximum atomic E-state index is 11.4. The van der Waals surface area contributed by atoms with Gasteiger partial charge >= 0.3 is 5.97 Å². The minimum Gasteiger partial charge on any atom is -0.508 e. The lowest BCUT2D eigenvalue weighted by Crippen LogP contribution is -2.03. The van der Waals surface area contributed by atoms with E-state index in [2.05, 4.69) is 4.74 Å². The first-order valence-corrected chi connectivity index (χ1v) is 3.16. The molecule has 0 atom stereocenters. The predicted octanol–water partition coefficient (Wildman–Crippen LogP) is 1.57. The fourth-order valence-electron chi connectivity index (χ4n) is 0.703. The summed E-state index contributed by atoms with van der Waals surface area (Å²) in [7, 11) is 0. The molecule has 0 saturated carbocycles. The van der Waals surface area contributed by atoms with E-state index in [9.17, 15) is 4.79 Å². The minimum atomic E-state index is -3.06. The summed E-state index contributed by atoms with van der Waals surface area (Å²) in [5.41, 5.74) is -0.0454. The van der Waals surface area contributed by atoms with Gasteiger partial charge in [-0.05, 0) is 31.1 Å². The van der Waals surface area contributed by atoms with Crippen molar-refractivity contribution in [3.05, 3.63) is 29.8 Å². The van der Waals surface area contributed by atoms with Crippen molar-refractivity contribution in [1.82, 2.24) is 0 Å². The third-order valence-corrected chi connectivity index (χ3v) is 1.25. The van der Waals surface area contributed by atoms with E-state index in [1.165, 1.54) is 24.3 Å². The van der Waals surface area contributed by atoms with Gasteiger partial charge in [-0.2, -0.15) is 0 Å². The zero-order chi connectivity index (χ0) is 13.3. The van der Waals surface area contributed by atoms with Crippen LogP contribution in [0.2, 0.25) is 0 Å². The van der Waals surface area contributed by atoms with Gasteiger partial charge in [-0.15, -0.1) is 0 Å². The lowest BCUT2D eigenvalue weighted by molar-refractivity contribution is 0.0526. The Morgan fingerprint density at radius 3 is 2.92 bits per heavy atom. The normalized spacial score (nSPS) is 17.8. The molecule has 0 aliphatic rings. The maximum absolute atomic E-state index is 11.4. The molecule has 0 fully saturated rings. The van der Waals surface area contributed by atoms with Crippen molar-refractivity contribution in [2.24, 2.45) is 0 Å². The molecule has 1 aromatic carbocycles. The van der Waals surface area contributed by atoms with Gasteiger partial charge in [-0.3, -0.25) is 0 Å². The fourth-order valence-corrected chi connectivity index (χ4v) is 0.703. The molecular weight excluding hydrogens is 156 g/mol. The zero-order valence-electron chi connectivity index (χ0n) is 11.1. The molecule has 1 rings (SSSR count). The summed E-state index contributed by atoms with van der Waals surface area (Å²) in [4.78, 5) is 11.4. The third-order valence-electron chi connectivity index (χ3n) is 1.25. The average molecular weight is 171 g/mol. The molecule has 0 spiro atoms. The topological polar surface area (TPSA) is 46.5 Å². The molecule has 0 heterocycles. The molecule has 0 saturated heterocycles. The molecule has 0 unspecified atom stereocenters. The van der Waals surface area contributed by atoms with E-state index in [-0.39, 0.29) is 11.3 Å². The summed E-state index contributed by atoms with van der Waals surface area (Å²) in [5.74, 6) is -1.17. The van der Waals surface area contributed by atoms with Crippen LogP contribution in [0.4, 0.5) is 0 Å². The molecule has 0 bridgehead atoms. The van der Waals surface area contributed by atoms with Crippen LogP contribution in [0.3, 0.4) is 0 Å². The van der Waals surface area contributed by atoms with Crippen molar-refractivity contribution < 1.29 is 21.5 Å². The average Bonchev–Trinajstić information content (AvgIpc) is 2.16. The van der Waals surface area contributed by atoms with Gasteiger partial charge in [0.2, 0.25) is 0 Å².